The highest BCUT2D eigenvalue weighted by Crippen LogP contribution is 2.19. The second-order valence-electron chi connectivity index (χ2n) is 4.76. The van der Waals surface area contributed by atoms with Crippen LogP contribution in [0.5, 0.6) is 5.75 Å². The molecule has 0 aromatic heterocycles. The number of amides is 1. The quantitative estimate of drug-likeness (QED) is 0.724. The van der Waals surface area contributed by atoms with Gasteiger partial charge in [0, 0.05) is 12.1 Å². The molecule has 0 bridgehead atoms. The van der Waals surface area contributed by atoms with Crippen molar-refractivity contribution >= 4 is 18.3 Å². The third-order valence-electron chi connectivity index (χ3n) is 2.61. The molecule has 0 heterocycles. The predicted molar refractivity (Wildman–Crippen MR) is 84.7 cm³/mol. The maximum atomic E-state index is 11.8. The van der Waals surface area contributed by atoms with Crippen molar-refractivity contribution in [3.05, 3.63) is 29.8 Å². The molecule has 5 heteroatoms. The van der Waals surface area contributed by atoms with Gasteiger partial charge in [-0.1, -0.05) is 18.2 Å². The Morgan fingerprint density at radius 1 is 1.25 bits per heavy atom. The second-order valence-corrected chi connectivity index (χ2v) is 4.76. The average molecular weight is 301 g/mol. The number of benzene rings is 1. The fourth-order valence-electron chi connectivity index (χ4n) is 1.75. The summed E-state index contributed by atoms with van der Waals surface area (Å²) in [4.78, 5) is 11.8. The van der Waals surface area contributed by atoms with Gasteiger partial charge < -0.3 is 15.4 Å². The third kappa shape index (κ3) is 7.36. The summed E-state index contributed by atoms with van der Waals surface area (Å²) in [6.45, 7) is 5.57. The molecule has 0 aliphatic carbocycles. The van der Waals surface area contributed by atoms with Gasteiger partial charge in [-0.2, -0.15) is 0 Å². The lowest BCUT2D eigenvalue weighted by atomic mass is 10.1. The van der Waals surface area contributed by atoms with Crippen molar-refractivity contribution < 1.29 is 9.53 Å². The molecule has 0 atom stereocenters. The molecular weight excluding hydrogens is 276 g/mol. The summed E-state index contributed by atoms with van der Waals surface area (Å²) in [5.41, 5.74) is 0.933. The lowest BCUT2D eigenvalue weighted by Gasteiger charge is -2.14. The van der Waals surface area contributed by atoms with Gasteiger partial charge in [-0.3, -0.25) is 4.79 Å². The van der Waals surface area contributed by atoms with Crippen molar-refractivity contribution in [2.45, 2.75) is 32.8 Å². The topological polar surface area (TPSA) is 50.4 Å². The van der Waals surface area contributed by atoms with Gasteiger partial charge in [0.1, 0.15) is 5.75 Å². The molecule has 0 aliphatic rings. The van der Waals surface area contributed by atoms with Gasteiger partial charge in [-0.25, -0.2) is 0 Å². The first kappa shape index (κ1) is 18.7. The van der Waals surface area contributed by atoms with Crippen LogP contribution in [0, 0.1) is 0 Å². The van der Waals surface area contributed by atoms with Crippen molar-refractivity contribution in [1.82, 2.24) is 10.6 Å². The highest BCUT2D eigenvalue weighted by atomic mass is 35.5. The first-order chi connectivity index (χ1) is 9.13. The fraction of sp³-hybridized carbons (Fsp3) is 0.533. The summed E-state index contributed by atoms with van der Waals surface area (Å²) >= 11 is 0. The van der Waals surface area contributed by atoms with Gasteiger partial charge in [0.25, 0.3) is 0 Å². The van der Waals surface area contributed by atoms with E-state index in [-0.39, 0.29) is 24.4 Å². The van der Waals surface area contributed by atoms with Crippen molar-refractivity contribution in [2.75, 3.05) is 20.1 Å². The highest BCUT2D eigenvalue weighted by molar-refractivity contribution is 5.85. The van der Waals surface area contributed by atoms with E-state index >= 15 is 0 Å². The normalized spacial score (nSPS) is 10.0. The molecule has 0 aliphatic heterocycles. The standard InChI is InChI=1S/C15H24N2O2.ClH/c1-12(2)19-14-8-5-4-7-13(14)11-15(18)17-10-6-9-16-3;/h4-5,7-8,12,16H,6,9-11H2,1-3H3,(H,17,18);1H. The smallest absolute Gasteiger partial charge is 0.224 e. The summed E-state index contributed by atoms with van der Waals surface area (Å²) in [5, 5.41) is 5.96. The molecule has 0 saturated heterocycles. The molecule has 1 aromatic carbocycles. The minimum atomic E-state index is 0. The predicted octanol–water partition coefficient (Wildman–Crippen LogP) is 2.16. The van der Waals surface area contributed by atoms with Crippen LogP contribution in [0.25, 0.3) is 0 Å². The minimum absolute atomic E-state index is 0. The number of para-hydroxylation sites is 1. The van der Waals surface area contributed by atoms with Crippen molar-refractivity contribution in [1.29, 1.82) is 0 Å². The fourth-order valence-corrected chi connectivity index (χ4v) is 1.75. The van der Waals surface area contributed by atoms with Gasteiger partial charge in [0.15, 0.2) is 0 Å². The summed E-state index contributed by atoms with van der Waals surface area (Å²) in [6.07, 6.45) is 1.41. The summed E-state index contributed by atoms with van der Waals surface area (Å²) in [7, 11) is 1.90. The molecule has 0 unspecified atom stereocenters. The number of carbonyl (C=O) groups excluding carboxylic acids is 1. The maximum Gasteiger partial charge on any atom is 0.224 e. The van der Waals surface area contributed by atoms with Crippen LogP contribution in [-0.2, 0) is 11.2 Å². The number of carbonyl (C=O) groups is 1. The SMILES string of the molecule is CNCCCNC(=O)Cc1ccccc1OC(C)C.Cl. The third-order valence-corrected chi connectivity index (χ3v) is 2.61. The van der Waals surface area contributed by atoms with E-state index in [1.165, 1.54) is 0 Å². The van der Waals surface area contributed by atoms with Crippen LogP contribution in [0.3, 0.4) is 0 Å². The molecule has 114 valence electrons. The Bertz CT molecular complexity index is 397. The number of hydrogen-bond donors (Lipinski definition) is 2. The number of hydrogen-bond acceptors (Lipinski definition) is 3. The molecule has 0 radical (unpaired) electrons. The zero-order valence-electron chi connectivity index (χ0n) is 12.4. The number of rotatable bonds is 8. The summed E-state index contributed by atoms with van der Waals surface area (Å²) in [5.74, 6) is 0.832. The molecule has 2 N–H and O–H groups in total. The average Bonchev–Trinajstić information content (AvgIpc) is 2.36. The molecule has 20 heavy (non-hydrogen) atoms. The molecule has 1 rings (SSSR count). The van der Waals surface area contributed by atoms with E-state index in [9.17, 15) is 4.79 Å². The Kier molecular flexibility index (Phi) is 9.86. The Balaban J connectivity index is 0.00000361. The first-order valence-electron chi connectivity index (χ1n) is 6.79. The molecule has 0 spiro atoms. The van der Waals surface area contributed by atoms with Crippen LogP contribution in [0.15, 0.2) is 24.3 Å². The summed E-state index contributed by atoms with van der Waals surface area (Å²) < 4.78 is 5.70. The molecule has 0 fully saturated rings. The Hall–Kier alpha value is -1.26. The maximum absolute atomic E-state index is 11.8. The van der Waals surface area contributed by atoms with Crippen LogP contribution in [0.4, 0.5) is 0 Å². The van der Waals surface area contributed by atoms with E-state index in [0.29, 0.717) is 13.0 Å². The van der Waals surface area contributed by atoms with Crippen molar-refractivity contribution in [3.63, 3.8) is 0 Å². The van der Waals surface area contributed by atoms with E-state index in [1.807, 2.05) is 45.2 Å². The molecule has 1 amide bonds. The number of ether oxygens (including phenoxy) is 1. The Labute approximate surface area is 127 Å². The second kappa shape index (κ2) is 10.5. The van der Waals surface area contributed by atoms with E-state index < -0.39 is 0 Å². The number of nitrogens with one attached hydrogen (secondary N) is 2. The lowest BCUT2D eigenvalue weighted by Crippen LogP contribution is -2.28. The van der Waals surface area contributed by atoms with E-state index in [0.717, 1.165) is 24.3 Å². The highest BCUT2D eigenvalue weighted by Gasteiger charge is 2.09. The Morgan fingerprint density at radius 2 is 1.95 bits per heavy atom. The lowest BCUT2D eigenvalue weighted by molar-refractivity contribution is -0.120. The van der Waals surface area contributed by atoms with Gasteiger partial charge >= 0.3 is 0 Å². The molecule has 4 nitrogen and oxygen atoms in total. The van der Waals surface area contributed by atoms with Gasteiger partial charge in [0.2, 0.25) is 5.91 Å². The van der Waals surface area contributed by atoms with Gasteiger partial charge in [-0.15, -0.1) is 12.4 Å². The molecule has 0 saturated carbocycles. The number of halogens is 1. The van der Waals surface area contributed by atoms with Crippen LogP contribution < -0.4 is 15.4 Å². The monoisotopic (exact) mass is 300 g/mol. The minimum Gasteiger partial charge on any atom is -0.491 e. The Morgan fingerprint density at radius 3 is 2.60 bits per heavy atom. The van der Waals surface area contributed by atoms with Crippen molar-refractivity contribution in [3.8, 4) is 5.75 Å². The van der Waals surface area contributed by atoms with Crippen LogP contribution in [-0.4, -0.2) is 32.1 Å². The largest absolute Gasteiger partial charge is 0.491 e. The van der Waals surface area contributed by atoms with Crippen LogP contribution in [0.2, 0.25) is 0 Å². The van der Waals surface area contributed by atoms with Crippen molar-refractivity contribution in [2.24, 2.45) is 0 Å². The van der Waals surface area contributed by atoms with Crippen LogP contribution >= 0.6 is 12.4 Å². The van der Waals surface area contributed by atoms with E-state index in [2.05, 4.69) is 10.6 Å². The zero-order valence-corrected chi connectivity index (χ0v) is 13.3. The summed E-state index contributed by atoms with van der Waals surface area (Å²) in [6, 6.07) is 7.69. The first-order valence-corrected chi connectivity index (χ1v) is 6.79. The van der Waals surface area contributed by atoms with Crippen LogP contribution in [0.1, 0.15) is 25.8 Å². The van der Waals surface area contributed by atoms with Gasteiger partial charge in [0.05, 0.1) is 12.5 Å². The molecule has 1 aromatic rings. The van der Waals surface area contributed by atoms with E-state index in [4.69, 9.17) is 4.74 Å². The van der Waals surface area contributed by atoms with E-state index in [1.54, 1.807) is 0 Å². The van der Waals surface area contributed by atoms with Gasteiger partial charge in [-0.05, 0) is 39.9 Å². The molecular formula is C15H25ClN2O2. The zero-order chi connectivity index (χ0) is 14.1.